The molecule has 0 spiro atoms. The van der Waals surface area contributed by atoms with Gasteiger partial charge in [-0.25, -0.2) is 13.6 Å². The van der Waals surface area contributed by atoms with E-state index in [1.807, 2.05) is 0 Å². The van der Waals surface area contributed by atoms with Crippen LogP contribution in [-0.2, 0) is 9.53 Å². The smallest absolute Gasteiger partial charge is 0.339 e. The standard InChI is InChI=1S/C9H12F2O2/c1-2-13-9(12)8-6(10)4-3-5-7(8)11/h6H,2-5H2,1H3. The third kappa shape index (κ3) is 2.26. The van der Waals surface area contributed by atoms with Crippen molar-refractivity contribution in [2.45, 2.75) is 32.4 Å². The van der Waals surface area contributed by atoms with Crippen LogP contribution in [0.25, 0.3) is 0 Å². The molecular weight excluding hydrogens is 178 g/mol. The van der Waals surface area contributed by atoms with Gasteiger partial charge in [0.2, 0.25) is 0 Å². The van der Waals surface area contributed by atoms with Gasteiger partial charge in [0.25, 0.3) is 0 Å². The van der Waals surface area contributed by atoms with E-state index in [0.29, 0.717) is 6.42 Å². The Labute approximate surface area is 75.6 Å². The molecular formula is C9H12F2O2. The van der Waals surface area contributed by atoms with Crippen molar-refractivity contribution < 1.29 is 18.3 Å². The Balaban J connectivity index is 2.78. The topological polar surface area (TPSA) is 26.3 Å². The molecule has 0 aliphatic heterocycles. The Morgan fingerprint density at radius 2 is 2.38 bits per heavy atom. The molecule has 0 bridgehead atoms. The molecule has 0 amide bonds. The lowest BCUT2D eigenvalue weighted by molar-refractivity contribution is -0.139. The van der Waals surface area contributed by atoms with E-state index in [4.69, 9.17) is 0 Å². The van der Waals surface area contributed by atoms with Gasteiger partial charge in [0.05, 0.1) is 6.61 Å². The number of hydrogen-bond acceptors (Lipinski definition) is 2. The van der Waals surface area contributed by atoms with Crippen molar-refractivity contribution in [3.8, 4) is 0 Å². The van der Waals surface area contributed by atoms with E-state index in [0.717, 1.165) is 0 Å². The number of carbonyl (C=O) groups is 1. The first-order valence-corrected chi connectivity index (χ1v) is 4.36. The maximum Gasteiger partial charge on any atom is 0.339 e. The molecule has 0 saturated carbocycles. The zero-order valence-electron chi connectivity index (χ0n) is 7.48. The fraction of sp³-hybridized carbons (Fsp3) is 0.667. The van der Waals surface area contributed by atoms with Crippen LogP contribution in [0, 0.1) is 0 Å². The highest BCUT2D eigenvalue weighted by molar-refractivity contribution is 5.90. The molecule has 0 aromatic carbocycles. The molecule has 1 rings (SSSR count). The average molecular weight is 190 g/mol. The van der Waals surface area contributed by atoms with Gasteiger partial charge in [-0.05, 0) is 26.2 Å². The summed E-state index contributed by atoms with van der Waals surface area (Å²) in [5, 5.41) is 0. The van der Waals surface area contributed by atoms with Crippen LogP contribution >= 0.6 is 0 Å². The SMILES string of the molecule is CCOC(=O)C1=C(F)CCCC1F. The molecule has 1 atom stereocenters. The van der Waals surface area contributed by atoms with Crippen LogP contribution in [0.1, 0.15) is 26.2 Å². The maximum atomic E-state index is 13.1. The second-order valence-corrected chi connectivity index (χ2v) is 2.90. The zero-order valence-corrected chi connectivity index (χ0v) is 7.48. The highest BCUT2D eigenvalue weighted by Crippen LogP contribution is 2.28. The Hall–Kier alpha value is -0.930. The van der Waals surface area contributed by atoms with Crippen molar-refractivity contribution in [3.05, 3.63) is 11.4 Å². The van der Waals surface area contributed by atoms with Gasteiger partial charge in [-0.2, -0.15) is 0 Å². The summed E-state index contributed by atoms with van der Waals surface area (Å²) in [5.41, 5.74) is -0.409. The van der Waals surface area contributed by atoms with E-state index in [1.54, 1.807) is 6.92 Å². The fourth-order valence-electron chi connectivity index (χ4n) is 1.33. The quantitative estimate of drug-likeness (QED) is 0.624. The number of alkyl halides is 1. The monoisotopic (exact) mass is 190 g/mol. The Kier molecular flexibility index (Phi) is 3.39. The van der Waals surface area contributed by atoms with Gasteiger partial charge in [-0.1, -0.05) is 0 Å². The van der Waals surface area contributed by atoms with E-state index < -0.39 is 23.5 Å². The predicted molar refractivity (Wildman–Crippen MR) is 43.5 cm³/mol. The third-order valence-corrected chi connectivity index (χ3v) is 1.95. The molecule has 1 unspecified atom stereocenters. The molecule has 13 heavy (non-hydrogen) atoms. The summed E-state index contributed by atoms with van der Waals surface area (Å²) < 4.78 is 30.6. The molecule has 0 radical (unpaired) electrons. The van der Waals surface area contributed by atoms with Gasteiger partial charge in [-0.15, -0.1) is 0 Å². The van der Waals surface area contributed by atoms with Gasteiger partial charge >= 0.3 is 5.97 Å². The van der Waals surface area contributed by atoms with Gasteiger partial charge in [0, 0.05) is 0 Å². The Morgan fingerprint density at radius 3 is 2.92 bits per heavy atom. The summed E-state index contributed by atoms with van der Waals surface area (Å²) in [4.78, 5) is 11.1. The van der Waals surface area contributed by atoms with Crippen LogP contribution in [0.15, 0.2) is 11.4 Å². The predicted octanol–water partition coefficient (Wildman–Crippen LogP) is 2.30. The minimum Gasteiger partial charge on any atom is -0.462 e. The molecule has 4 heteroatoms. The van der Waals surface area contributed by atoms with Crippen molar-refractivity contribution in [2.75, 3.05) is 6.61 Å². The lowest BCUT2D eigenvalue weighted by Gasteiger charge is -2.17. The van der Waals surface area contributed by atoms with Crippen LogP contribution in [0.5, 0.6) is 0 Å². The van der Waals surface area contributed by atoms with Gasteiger partial charge < -0.3 is 4.74 Å². The van der Waals surface area contributed by atoms with Crippen molar-refractivity contribution in [2.24, 2.45) is 0 Å². The highest BCUT2D eigenvalue weighted by atomic mass is 19.1. The molecule has 1 aliphatic rings. The Morgan fingerprint density at radius 1 is 1.69 bits per heavy atom. The van der Waals surface area contributed by atoms with Crippen LogP contribution in [0.3, 0.4) is 0 Å². The molecule has 0 N–H and O–H groups in total. The van der Waals surface area contributed by atoms with Crippen molar-refractivity contribution in [3.63, 3.8) is 0 Å². The second kappa shape index (κ2) is 4.35. The highest BCUT2D eigenvalue weighted by Gasteiger charge is 2.29. The third-order valence-electron chi connectivity index (χ3n) is 1.95. The van der Waals surface area contributed by atoms with Gasteiger partial charge in [0.15, 0.2) is 0 Å². The number of carbonyl (C=O) groups excluding carboxylic acids is 1. The second-order valence-electron chi connectivity index (χ2n) is 2.90. The summed E-state index contributed by atoms with van der Waals surface area (Å²) in [6.45, 7) is 1.74. The van der Waals surface area contributed by atoms with E-state index >= 15 is 0 Å². The Bertz CT molecular complexity index is 236. The molecule has 2 nitrogen and oxygen atoms in total. The molecule has 0 heterocycles. The summed E-state index contributed by atoms with van der Waals surface area (Å²) in [6, 6.07) is 0. The first-order valence-electron chi connectivity index (χ1n) is 4.36. The maximum absolute atomic E-state index is 13.1. The van der Waals surface area contributed by atoms with Crippen molar-refractivity contribution in [1.82, 2.24) is 0 Å². The molecule has 0 aromatic rings. The van der Waals surface area contributed by atoms with E-state index in [-0.39, 0.29) is 19.4 Å². The van der Waals surface area contributed by atoms with E-state index in [1.165, 1.54) is 0 Å². The largest absolute Gasteiger partial charge is 0.462 e. The summed E-state index contributed by atoms with van der Waals surface area (Å²) in [7, 11) is 0. The van der Waals surface area contributed by atoms with E-state index in [9.17, 15) is 13.6 Å². The van der Waals surface area contributed by atoms with Gasteiger partial charge in [0.1, 0.15) is 17.6 Å². The van der Waals surface area contributed by atoms with Crippen molar-refractivity contribution >= 4 is 5.97 Å². The number of rotatable bonds is 2. The van der Waals surface area contributed by atoms with Crippen LogP contribution < -0.4 is 0 Å². The summed E-state index contributed by atoms with van der Waals surface area (Å²) in [6.07, 6.45) is -0.681. The van der Waals surface area contributed by atoms with Crippen LogP contribution in [0.2, 0.25) is 0 Å². The number of halogens is 2. The van der Waals surface area contributed by atoms with Crippen LogP contribution in [-0.4, -0.2) is 18.7 Å². The minimum atomic E-state index is -1.49. The van der Waals surface area contributed by atoms with Crippen LogP contribution in [0.4, 0.5) is 8.78 Å². The lowest BCUT2D eigenvalue weighted by Crippen LogP contribution is -2.21. The first kappa shape index (κ1) is 10.2. The van der Waals surface area contributed by atoms with E-state index in [2.05, 4.69) is 4.74 Å². The number of esters is 1. The normalized spacial score (nSPS) is 23.2. The zero-order chi connectivity index (χ0) is 9.84. The fourth-order valence-corrected chi connectivity index (χ4v) is 1.33. The molecule has 0 saturated heterocycles. The molecule has 74 valence electrons. The average Bonchev–Trinajstić information content (AvgIpc) is 2.04. The number of allylic oxidation sites excluding steroid dienone is 1. The summed E-state index contributed by atoms with van der Waals surface area (Å²) in [5.74, 6) is -1.51. The first-order chi connectivity index (χ1) is 6.16. The minimum absolute atomic E-state index is 0.141. The molecule has 1 aliphatic carbocycles. The molecule has 0 fully saturated rings. The molecule has 0 aromatic heterocycles. The number of ether oxygens (including phenoxy) is 1. The summed E-state index contributed by atoms with van der Waals surface area (Å²) >= 11 is 0. The van der Waals surface area contributed by atoms with Crippen molar-refractivity contribution in [1.29, 1.82) is 0 Å². The number of hydrogen-bond donors (Lipinski definition) is 0. The lowest BCUT2D eigenvalue weighted by atomic mass is 9.97. The van der Waals surface area contributed by atoms with Gasteiger partial charge in [-0.3, -0.25) is 0 Å².